The van der Waals surface area contributed by atoms with Gasteiger partial charge in [-0.1, -0.05) is 29.3 Å². The minimum absolute atomic E-state index is 0.587. The fraction of sp³-hybridized carbons (Fsp3) is 0.235. The van der Waals surface area contributed by atoms with E-state index in [1.54, 1.807) is 6.20 Å². The first-order valence-electron chi connectivity index (χ1n) is 7.39. The highest BCUT2D eigenvalue weighted by Gasteiger charge is 2.17. The SMILES string of the molecule is Clc1ccc2c(-n3ccnc3)cc(N3CCCC3)cc2c1Cl. The predicted octanol–water partition coefficient (Wildman–Crippen LogP) is 4.93. The third kappa shape index (κ3) is 2.25. The summed E-state index contributed by atoms with van der Waals surface area (Å²) in [6.07, 6.45) is 8.02. The van der Waals surface area contributed by atoms with Gasteiger partial charge in [-0.05, 0) is 31.0 Å². The number of halogens is 2. The summed E-state index contributed by atoms with van der Waals surface area (Å²) in [6, 6.07) is 8.23. The van der Waals surface area contributed by atoms with Gasteiger partial charge in [-0.3, -0.25) is 0 Å². The molecule has 1 fully saturated rings. The van der Waals surface area contributed by atoms with E-state index in [4.69, 9.17) is 23.2 Å². The number of anilines is 1. The fourth-order valence-corrected chi connectivity index (χ4v) is 3.50. The van der Waals surface area contributed by atoms with Gasteiger partial charge in [0.05, 0.1) is 22.1 Å². The van der Waals surface area contributed by atoms with E-state index in [-0.39, 0.29) is 0 Å². The van der Waals surface area contributed by atoms with E-state index in [9.17, 15) is 0 Å². The molecule has 0 N–H and O–H groups in total. The van der Waals surface area contributed by atoms with Crippen molar-refractivity contribution in [1.82, 2.24) is 9.55 Å². The van der Waals surface area contributed by atoms with Gasteiger partial charge >= 0.3 is 0 Å². The summed E-state index contributed by atoms with van der Waals surface area (Å²) >= 11 is 12.7. The van der Waals surface area contributed by atoms with Crippen LogP contribution in [0, 0.1) is 0 Å². The molecule has 5 heteroatoms. The lowest BCUT2D eigenvalue weighted by molar-refractivity contribution is 0.949. The summed E-state index contributed by atoms with van der Waals surface area (Å²) < 4.78 is 2.02. The fourth-order valence-electron chi connectivity index (χ4n) is 3.11. The summed E-state index contributed by atoms with van der Waals surface area (Å²) in [5.41, 5.74) is 2.27. The molecule has 0 saturated carbocycles. The van der Waals surface area contributed by atoms with Crippen molar-refractivity contribution >= 4 is 39.7 Å². The Morgan fingerprint density at radius 1 is 1.00 bits per heavy atom. The van der Waals surface area contributed by atoms with Crippen LogP contribution in [0.3, 0.4) is 0 Å². The molecule has 22 heavy (non-hydrogen) atoms. The van der Waals surface area contributed by atoms with Crippen LogP contribution >= 0.6 is 23.2 Å². The van der Waals surface area contributed by atoms with E-state index in [1.807, 2.05) is 29.2 Å². The summed E-state index contributed by atoms with van der Waals surface area (Å²) in [4.78, 5) is 6.56. The van der Waals surface area contributed by atoms with E-state index < -0.39 is 0 Å². The molecule has 0 radical (unpaired) electrons. The van der Waals surface area contributed by atoms with E-state index in [0.717, 1.165) is 29.5 Å². The zero-order valence-electron chi connectivity index (χ0n) is 12.0. The molecule has 0 spiro atoms. The molecular weight excluding hydrogens is 317 g/mol. The quantitative estimate of drug-likeness (QED) is 0.663. The highest BCUT2D eigenvalue weighted by atomic mass is 35.5. The molecular formula is C17H15Cl2N3. The highest BCUT2D eigenvalue weighted by molar-refractivity contribution is 6.45. The lowest BCUT2D eigenvalue weighted by Crippen LogP contribution is -2.17. The maximum absolute atomic E-state index is 6.46. The molecule has 3 nitrogen and oxygen atoms in total. The summed E-state index contributed by atoms with van der Waals surface area (Å²) in [6.45, 7) is 2.18. The van der Waals surface area contributed by atoms with Crippen LogP contribution in [-0.2, 0) is 0 Å². The van der Waals surface area contributed by atoms with Crippen LogP contribution in [0.15, 0.2) is 43.0 Å². The molecule has 2 heterocycles. The van der Waals surface area contributed by atoms with Gasteiger partial charge in [0, 0.05) is 41.9 Å². The van der Waals surface area contributed by atoms with E-state index in [1.165, 1.54) is 18.5 Å². The van der Waals surface area contributed by atoms with E-state index >= 15 is 0 Å². The maximum Gasteiger partial charge on any atom is 0.0991 e. The smallest absolute Gasteiger partial charge is 0.0991 e. The van der Waals surface area contributed by atoms with E-state index in [0.29, 0.717) is 10.0 Å². The first kappa shape index (κ1) is 13.9. The van der Waals surface area contributed by atoms with Crippen molar-refractivity contribution in [3.05, 3.63) is 53.0 Å². The van der Waals surface area contributed by atoms with Crippen LogP contribution in [0.25, 0.3) is 16.5 Å². The molecule has 1 aliphatic heterocycles. The molecule has 1 aliphatic rings. The number of rotatable bonds is 2. The number of hydrogen-bond donors (Lipinski definition) is 0. The molecule has 4 rings (SSSR count). The summed E-state index contributed by atoms with van der Waals surface area (Å²) in [7, 11) is 0. The highest BCUT2D eigenvalue weighted by Crippen LogP contribution is 2.37. The van der Waals surface area contributed by atoms with Crippen LogP contribution in [0.2, 0.25) is 10.0 Å². The Morgan fingerprint density at radius 3 is 2.55 bits per heavy atom. The van der Waals surface area contributed by atoms with Gasteiger partial charge in [-0.15, -0.1) is 0 Å². The Balaban J connectivity index is 2.01. The van der Waals surface area contributed by atoms with Crippen LogP contribution in [0.5, 0.6) is 0 Å². The van der Waals surface area contributed by atoms with E-state index in [2.05, 4.69) is 22.0 Å². The molecule has 3 aromatic rings. The van der Waals surface area contributed by atoms with Gasteiger partial charge in [0.2, 0.25) is 0 Å². The van der Waals surface area contributed by atoms with Crippen LogP contribution < -0.4 is 4.90 Å². The largest absolute Gasteiger partial charge is 0.371 e. The van der Waals surface area contributed by atoms with Gasteiger partial charge in [0.15, 0.2) is 0 Å². The monoisotopic (exact) mass is 331 g/mol. The second-order valence-corrected chi connectivity index (χ2v) is 6.37. The molecule has 0 atom stereocenters. The normalized spacial score (nSPS) is 14.9. The predicted molar refractivity (Wildman–Crippen MR) is 92.5 cm³/mol. The minimum atomic E-state index is 0.587. The number of hydrogen-bond acceptors (Lipinski definition) is 2. The molecule has 0 bridgehead atoms. The van der Waals surface area contributed by atoms with Crippen molar-refractivity contribution in [3.63, 3.8) is 0 Å². The summed E-state index contributed by atoms with van der Waals surface area (Å²) in [5.74, 6) is 0. The third-order valence-electron chi connectivity index (χ3n) is 4.24. The Hall–Kier alpha value is -1.71. The van der Waals surface area contributed by atoms with Crippen molar-refractivity contribution in [2.75, 3.05) is 18.0 Å². The second kappa shape index (κ2) is 5.49. The zero-order chi connectivity index (χ0) is 15.1. The molecule has 1 saturated heterocycles. The van der Waals surface area contributed by atoms with Crippen LogP contribution in [0.1, 0.15) is 12.8 Å². The van der Waals surface area contributed by atoms with Crippen molar-refractivity contribution in [1.29, 1.82) is 0 Å². The number of imidazole rings is 1. The Kier molecular flexibility index (Phi) is 3.47. The zero-order valence-corrected chi connectivity index (χ0v) is 13.5. The lowest BCUT2D eigenvalue weighted by atomic mass is 10.1. The minimum Gasteiger partial charge on any atom is -0.371 e. The molecule has 0 amide bonds. The van der Waals surface area contributed by atoms with Crippen molar-refractivity contribution in [2.45, 2.75) is 12.8 Å². The Labute approximate surface area is 139 Å². The van der Waals surface area contributed by atoms with Gasteiger partial charge < -0.3 is 9.47 Å². The Morgan fingerprint density at radius 2 is 1.82 bits per heavy atom. The van der Waals surface area contributed by atoms with Crippen LogP contribution in [-0.4, -0.2) is 22.6 Å². The van der Waals surface area contributed by atoms with Crippen molar-refractivity contribution in [2.24, 2.45) is 0 Å². The molecule has 1 aromatic heterocycles. The number of aromatic nitrogens is 2. The van der Waals surface area contributed by atoms with Crippen LogP contribution in [0.4, 0.5) is 5.69 Å². The lowest BCUT2D eigenvalue weighted by Gasteiger charge is -2.21. The molecule has 2 aromatic carbocycles. The topological polar surface area (TPSA) is 21.1 Å². The average Bonchev–Trinajstić information content (AvgIpc) is 3.23. The maximum atomic E-state index is 6.46. The average molecular weight is 332 g/mol. The number of benzene rings is 2. The van der Waals surface area contributed by atoms with Gasteiger partial charge in [-0.25, -0.2) is 4.98 Å². The van der Waals surface area contributed by atoms with Gasteiger partial charge in [0.1, 0.15) is 0 Å². The van der Waals surface area contributed by atoms with Gasteiger partial charge in [0.25, 0.3) is 0 Å². The number of nitrogens with zero attached hydrogens (tertiary/aromatic N) is 3. The Bertz CT molecular complexity index is 822. The van der Waals surface area contributed by atoms with Crippen molar-refractivity contribution < 1.29 is 0 Å². The number of fused-ring (bicyclic) bond motifs is 1. The third-order valence-corrected chi connectivity index (χ3v) is 5.06. The molecule has 112 valence electrons. The molecule has 0 aliphatic carbocycles. The summed E-state index contributed by atoms with van der Waals surface area (Å²) in [5, 5.41) is 3.27. The van der Waals surface area contributed by atoms with Crippen molar-refractivity contribution in [3.8, 4) is 5.69 Å². The molecule has 0 unspecified atom stereocenters. The first-order valence-corrected chi connectivity index (χ1v) is 8.15. The first-order chi connectivity index (χ1) is 10.7. The standard InChI is InChI=1S/C17H15Cl2N3/c18-15-4-3-13-14(17(15)19)9-12(21-6-1-2-7-21)10-16(13)22-8-5-20-11-22/h3-5,8-11H,1-2,6-7H2. The van der Waals surface area contributed by atoms with Gasteiger partial charge in [-0.2, -0.15) is 0 Å². The second-order valence-electron chi connectivity index (χ2n) is 5.59.